The molecule has 0 saturated heterocycles. The third kappa shape index (κ3) is 6.43. The van der Waals surface area contributed by atoms with Crippen molar-refractivity contribution >= 4 is 34.7 Å². The highest BCUT2D eigenvalue weighted by molar-refractivity contribution is 6.13. The first-order valence-electron chi connectivity index (χ1n) is 14.5. The topological polar surface area (TPSA) is 99.1 Å². The summed E-state index contributed by atoms with van der Waals surface area (Å²) in [5, 5.41) is 11.3. The zero-order valence-electron chi connectivity index (χ0n) is 23.6. The molecule has 1 fully saturated rings. The number of para-hydroxylation sites is 2. The second-order valence-electron chi connectivity index (χ2n) is 10.9. The van der Waals surface area contributed by atoms with E-state index >= 15 is 0 Å². The van der Waals surface area contributed by atoms with Crippen LogP contribution < -0.4 is 14.7 Å². The lowest BCUT2D eigenvalue weighted by atomic mass is 9.72. The summed E-state index contributed by atoms with van der Waals surface area (Å²) in [6.45, 7) is 2.73. The molecule has 1 aliphatic heterocycles. The van der Waals surface area contributed by atoms with E-state index in [1.807, 2.05) is 30.3 Å². The summed E-state index contributed by atoms with van der Waals surface area (Å²) < 4.78 is 19.5. The van der Waals surface area contributed by atoms with E-state index in [0.717, 1.165) is 30.4 Å². The average molecular weight is 570 g/mol. The summed E-state index contributed by atoms with van der Waals surface area (Å²) in [6, 6.07) is 20.0. The molecule has 3 atom stereocenters. The van der Waals surface area contributed by atoms with Crippen LogP contribution >= 0.6 is 0 Å². The maximum Gasteiger partial charge on any atom is 0.228 e. The van der Waals surface area contributed by atoms with Crippen LogP contribution in [0.1, 0.15) is 75.0 Å². The highest BCUT2D eigenvalue weighted by atomic mass is 19.1. The van der Waals surface area contributed by atoms with Gasteiger partial charge >= 0.3 is 0 Å². The van der Waals surface area contributed by atoms with Gasteiger partial charge in [0.2, 0.25) is 5.91 Å². The van der Waals surface area contributed by atoms with E-state index in [0.29, 0.717) is 35.9 Å². The number of amides is 1. The normalized spacial score (nSPS) is 19.8. The number of benzene rings is 3. The number of fused-ring (bicyclic) bond motifs is 2. The number of hydrogen-bond acceptors (Lipinski definition) is 6. The largest absolute Gasteiger partial charge is 0.550 e. The van der Waals surface area contributed by atoms with Gasteiger partial charge in [-0.05, 0) is 72.7 Å². The Kier molecular flexibility index (Phi) is 9.10. The quantitative estimate of drug-likeness (QED) is 0.285. The Balaban J connectivity index is 1.56. The Morgan fingerprint density at radius 2 is 1.67 bits per heavy atom. The number of halogens is 1. The summed E-state index contributed by atoms with van der Waals surface area (Å²) in [5.74, 6) is -2.40. The molecule has 0 radical (unpaired) electrons. The zero-order valence-corrected chi connectivity index (χ0v) is 23.6. The maximum atomic E-state index is 14.0. The Morgan fingerprint density at radius 1 is 0.952 bits per heavy atom. The van der Waals surface area contributed by atoms with Crippen molar-refractivity contribution in [2.75, 3.05) is 11.5 Å². The molecule has 2 aliphatic rings. The van der Waals surface area contributed by atoms with Crippen molar-refractivity contribution in [1.82, 2.24) is 0 Å². The van der Waals surface area contributed by atoms with Gasteiger partial charge in [0, 0.05) is 24.5 Å². The van der Waals surface area contributed by atoms with Crippen molar-refractivity contribution in [2.24, 2.45) is 10.9 Å². The fourth-order valence-corrected chi connectivity index (χ4v) is 5.93. The van der Waals surface area contributed by atoms with Crippen LogP contribution in [0.4, 0.5) is 15.8 Å². The number of ether oxygens (including phenoxy) is 1. The number of aliphatic imine (C=N–C) groups is 1. The molecule has 3 aromatic rings. The lowest BCUT2D eigenvalue weighted by molar-refractivity contribution is -0.305. The molecule has 1 amide bonds. The van der Waals surface area contributed by atoms with Gasteiger partial charge in [-0.25, -0.2) is 4.39 Å². The molecule has 7 nitrogen and oxygen atoms in total. The van der Waals surface area contributed by atoms with Gasteiger partial charge in [0.1, 0.15) is 17.3 Å². The number of aliphatic carboxylic acids is 1. The van der Waals surface area contributed by atoms with Gasteiger partial charge < -0.3 is 19.5 Å². The molecule has 1 aliphatic carbocycles. The van der Waals surface area contributed by atoms with Crippen molar-refractivity contribution in [3.63, 3.8) is 0 Å². The number of nitrogens with zero attached hydrogens (tertiary/aromatic N) is 2. The molecular weight excluding hydrogens is 535 g/mol. The Hall–Kier alpha value is -4.33. The standard InChI is InChI=1S/C34H35FN2O5/c1-2-3-6-19-42-26-15-11-23(12-16-26)34-33-28(20-24(21-30(33)38)22-9-13-25(35)14-10-22)36-27-7-4-5-8-29(27)37(34)31(39)17-18-32(40)41/h4-5,7-16,24,33-34H,2-3,6,17-21H2,1H3,(H,40,41)/p-1/t24-,33-,34+/m0/s1. The van der Waals surface area contributed by atoms with Crippen LogP contribution in [0.5, 0.6) is 5.75 Å². The number of unbranched alkanes of at least 4 members (excludes halogenated alkanes) is 2. The maximum absolute atomic E-state index is 14.0. The monoisotopic (exact) mass is 569 g/mol. The van der Waals surface area contributed by atoms with Crippen LogP contribution in [-0.2, 0) is 14.4 Å². The first-order chi connectivity index (χ1) is 20.4. The van der Waals surface area contributed by atoms with E-state index < -0.39 is 30.3 Å². The van der Waals surface area contributed by atoms with Crippen LogP contribution in [0.15, 0.2) is 77.8 Å². The van der Waals surface area contributed by atoms with Gasteiger partial charge in [0.15, 0.2) is 0 Å². The van der Waals surface area contributed by atoms with Crippen molar-refractivity contribution < 1.29 is 28.6 Å². The van der Waals surface area contributed by atoms with Crippen LogP contribution in [0.3, 0.4) is 0 Å². The Labute approximate surface area is 245 Å². The van der Waals surface area contributed by atoms with Crippen molar-refractivity contribution in [1.29, 1.82) is 0 Å². The van der Waals surface area contributed by atoms with Crippen molar-refractivity contribution in [3.05, 3.63) is 89.7 Å². The van der Waals surface area contributed by atoms with E-state index in [9.17, 15) is 23.9 Å². The Morgan fingerprint density at radius 3 is 2.38 bits per heavy atom. The minimum absolute atomic E-state index is 0.0790. The molecule has 1 saturated carbocycles. The van der Waals surface area contributed by atoms with Crippen LogP contribution in [-0.4, -0.2) is 30.0 Å². The summed E-state index contributed by atoms with van der Waals surface area (Å²) in [7, 11) is 0. The zero-order chi connectivity index (χ0) is 29.6. The number of ketones is 1. The summed E-state index contributed by atoms with van der Waals surface area (Å²) >= 11 is 0. The molecule has 1 heterocycles. The van der Waals surface area contributed by atoms with E-state index in [2.05, 4.69) is 6.92 Å². The second-order valence-corrected chi connectivity index (χ2v) is 10.9. The molecule has 218 valence electrons. The lowest BCUT2D eigenvalue weighted by Gasteiger charge is -2.39. The fourth-order valence-electron chi connectivity index (χ4n) is 5.93. The SMILES string of the molecule is CCCCCOc1ccc([C@@H]2[C@@H]3C(=O)C[C@@H](c4ccc(F)cc4)CC3=Nc3ccccc3N2C(=O)CCC(=O)[O-])cc1. The van der Waals surface area contributed by atoms with Gasteiger partial charge in [0.05, 0.1) is 29.9 Å². The molecule has 3 aromatic carbocycles. The van der Waals surface area contributed by atoms with Crippen LogP contribution in [0, 0.1) is 11.7 Å². The summed E-state index contributed by atoms with van der Waals surface area (Å²) in [4.78, 5) is 45.6. The third-order valence-corrected chi connectivity index (χ3v) is 8.00. The fraction of sp³-hybridized carbons (Fsp3) is 0.353. The second kappa shape index (κ2) is 13.1. The lowest BCUT2D eigenvalue weighted by Crippen LogP contribution is -2.45. The van der Waals surface area contributed by atoms with Crippen molar-refractivity contribution in [2.45, 2.75) is 63.8 Å². The minimum Gasteiger partial charge on any atom is -0.550 e. The molecule has 0 spiro atoms. The third-order valence-electron chi connectivity index (χ3n) is 8.00. The molecule has 5 rings (SSSR count). The van der Waals surface area contributed by atoms with E-state index in [1.54, 1.807) is 35.2 Å². The van der Waals surface area contributed by atoms with Gasteiger partial charge in [-0.3, -0.25) is 14.6 Å². The van der Waals surface area contributed by atoms with Crippen molar-refractivity contribution in [3.8, 4) is 5.75 Å². The number of carbonyl (C=O) groups excluding carboxylic acids is 3. The van der Waals surface area contributed by atoms with Crippen LogP contribution in [0.25, 0.3) is 0 Å². The number of carboxylic acids is 1. The van der Waals surface area contributed by atoms with Gasteiger partial charge in [-0.2, -0.15) is 0 Å². The van der Waals surface area contributed by atoms with Gasteiger partial charge in [0.25, 0.3) is 0 Å². The van der Waals surface area contributed by atoms with Crippen LogP contribution in [0.2, 0.25) is 0 Å². The summed E-state index contributed by atoms with van der Waals surface area (Å²) in [5.41, 5.74) is 3.27. The van der Waals surface area contributed by atoms with E-state index in [1.165, 1.54) is 12.1 Å². The molecular formula is C34H34FN2O5-. The smallest absolute Gasteiger partial charge is 0.228 e. The van der Waals surface area contributed by atoms with E-state index in [4.69, 9.17) is 9.73 Å². The number of carboxylic acid groups (broad SMARTS) is 1. The number of rotatable bonds is 10. The minimum atomic E-state index is -1.32. The number of carbonyl (C=O) groups is 3. The van der Waals surface area contributed by atoms with Gasteiger partial charge in [-0.1, -0.05) is 56.2 Å². The molecule has 0 aromatic heterocycles. The van der Waals surface area contributed by atoms with Gasteiger partial charge in [-0.15, -0.1) is 0 Å². The molecule has 8 heteroatoms. The molecule has 42 heavy (non-hydrogen) atoms. The number of Topliss-reactive ketones (excluding diaryl/α,β-unsaturated/α-hetero) is 1. The molecule has 0 bridgehead atoms. The predicted molar refractivity (Wildman–Crippen MR) is 156 cm³/mol. The van der Waals surface area contributed by atoms with E-state index in [-0.39, 0.29) is 30.4 Å². The highest BCUT2D eigenvalue weighted by Gasteiger charge is 2.46. The Bertz CT molecular complexity index is 1470. The number of anilines is 1. The first-order valence-corrected chi connectivity index (χ1v) is 14.5. The average Bonchev–Trinajstić information content (AvgIpc) is 3.13. The first kappa shape index (κ1) is 29.2. The predicted octanol–water partition coefficient (Wildman–Crippen LogP) is 5.85. The number of hydrogen-bond donors (Lipinski definition) is 0. The molecule has 0 N–H and O–H groups in total. The molecule has 0 unspecified atom stereocenters. The summed E-state index contributed by atoms with van der Waals surface area (Å²) in [6.07, 6.45) is 3.08. The highest BCUT2D eigenvalue weighted by Crippen LogP contribution is 2.47.